The number of carbonyl (C=O) groups excluding carboxylic acids is 1. The SMILES string of the molecule is [2H][C@]1(Cc2ccccc2)C[C@@H](O)CN1C(=O)[C@H](C(C)C)n1cc(C2CC2)nn1. The summed E-state index contributed by atoms with van der Waals surface area (Å²) in [6.07, 6.45) is 4.11. The van der Waals surface area contributed by atoms with Gasteiger partial charge in [-0.3, -0.25) is 4.79 Å². The summed E-state index contributed by atoms with van der Waals surface area (Å²) >= 11 is 0. The number of β-amino-alcohol motifs (C(OH)–C–C–N with tert-alkyl or cyclic N) is 1. The lowest BCUT2D eigenvalue weighted by molar-refractivity contribution is -0.137. The third-order valence-electron chi connectivity index (χ3n) is 5.46. The molecule has 2 heterocycles. The molecule has 2 aromatic rings. The first-order valence-corrected chi connectivity index (χ1v) is 9.82. The number of aliphatic hydroxyl groups is 1. The highest BCUT2D eigenvalue weighted by Gasteiger charge is 2.39. The Labute approximate surface area is 161 Å². The van der Waals surface area contributed by atoms with Crippen LogP contribution in [0.4, 0.5) is 0 Å². The van der Waals surface area contributed by atoms with Gasteiger partial charge < -0.3 is 10.0 Å². The van der Waals surface area contributed by atoms with Gasteiger partial charge in [0.25, 0.3) is 0 Å². The Hall–Kier alpha value is -2.21. The number of rotatable bonds is 6. The number of hydrogen-bond donors (Lipinski definition) is 1. The smallest absolute Gasteiger partial charge is 0.248 e. The molecule has 6 heteroatoms. The van der Waals surface area contributed by atoms with Crippen molar-refractivity contribution in [2.75, 3.05) is 6.54 Å². The average Bonchev–Trinajstić information content (AvgIpc) is 3.31. The Bertz CT molecular complexity index is 836. The van der Waals surface area contributed by atoms with Crippen LogP contribution < -0.4 is 0 Å². The molecule has 27 heavy (non-hydrogen) atoms. The predicted molar refractivity (Wildman–Crippen MR) is 102 cm³/mol. The van der Waals surface area contributed by atoms with E-state index in [9.17, 15) is 9.90 Å². The highest BCUT2D eigenvalue weighted by Crippen LogP contribution is 2.39. The van der Waals surface area contributed by atoms with E-state index in [0.717, 1.165) is 24.1 Å². The third-order valence-corrected chi connectivity index (χ3v) is 5.46. The van der Waals surface area contributed by atoms with Crippen LogP contribution in [-0.4, -0.2) is 49.6 Å². The highest BCUT2D eigenvalue weighted by atomic mass is 16.3. The van der Waals surface area contributed by atoms with Crippen molar-refractivity contribution in [3.8, 4) is 0 Å². The van der Waals surface area contributed by atoms with Crippen LogP contribution >= 0.6 is 0 Å². The molecule has 1 aliphatic heterocycles. The molecule has 3 atom stereocenters. The summed E-state index contributed by atoms with van der Waals surface area (Å²) in [4.78, 5) is 15.1. The maximum Gasteiger partial charge on any atom is 0.248 e. The monoisotopic (exact) mass is 369 g/mol. The Kier molecular flexibility index (Phi) is 4.66. The third kappa shape index (κ3) is 3.90. The molecule has 2 aliphatic rings. The molecule has 4 rings (SSSR count). The molecule has 1 aromatic heterocycles. The van der Waals surface area contributed by atoms with Crippen LogP contribution in [-0.2, 0) is 11.2 Å². The minimum absolute atomic E-state index is 0.0000267. The van der Waals surface area contributed by atoms with Gasteiger partial charge in [0.2, 0.25) is 5.91 Å². The fourth-order valence-electron chi connectivity index (χ4n) is 3.89. The first-order chi connectivity index (χ1) is 13.4. The quantitative estimate of drug-likeness (QED) is 0.849. The van der Waals surface area contributed by atoms with E-state index in [1.165, 1.54) is 0 Å². The number of aliphatic hydroxyl groups excluding tert-OH is 1. The Balaban J connectivity index is 1.60. The molecule has 2 fully saturated rings. The Morgan fingerprint density at radius 1 is 1.33 bits per heavy atom. The summed E-state index contributed by atoms with van der Waals surface area (Å²) in [5.41, 5.74) is 1.93. The lowest BCUT2D eigenvalue weighted by atomic mass is 10.00. The molecular weight excluding hydrogens is 340 g/mol. The topological polar surface area (TPSA) is 71.2 Å². The standard InChI is InChI=1S/C21H28N4O2/c1-14(2)20(25-13-19(22-23-25)16-8-9-16)21(27)24-12-18(26)11-17(24)10-15-6-4-3-5-7-15/h3-7,13-14,16-18,20,26H,8-12H2,1-2H3/t17-,18+,20-/m0/s1/i17D. The predicted octanol–water partition coefficient (Wildman–Crippen LogP) is 2.56. The van der Waals surface area contributed by atoms with Crippen molar-refractivity contribution < 1.29 is 11.3 Å². The molecule has 1 saturated heterocycles. The van der Waals surface area contributed by atoms with Crippen molar-refractivity contribution in [3.63, 3.8) is 0 Å². The van der Waals surface area contributed by atoms with E-state index in [-0.39, 0.29) is 24.8 Å². The van der Waals surface area contributed by atoms with Crippen molar-refractivity contribution in [3.05, 3.63) is 47.8 Å². The lowest BCUT2D eigenvalue weighted by Gasteiger charge is -2.30. The van der Waals surface area contributed by atoms with Gasteiger partial charge in [0.05, 0.1) is 13.2 Å². The molecule has 0 unspecified atom stereocenters. The average molecular weight is 369 g/mol. The van der Waals surface area contributed by atoms with Gasteiger partial charge >= 0.3 is 0 Å². The number of benzene rings is 1. The van der Waals surface area contributed by atoms with Crippen LogP contribution in [0.3, 0.4) is 0 Å². The zero-order valence-corrected chi connectivity index (χ0v) is 16.0. The lowest BCUT2D eigenvalue weighted by Crippen LogP contribution is -2.43. The number of aromatic nitrogens is 3. The van der Waals surface area contributed by atoms with Crippen LogP contribution in [0.25, 0.3) is 0 Å². The van der Waals surface area contributed by atoms with E-state index in [2.05, 4.69) is 10.3 Å². The first-order valence-electron chi connectivity index (χ1n) is 10.3. The van der Waals surface area contributed by atoms with Gasteiger partial charge in [-0.1, -0.05) is 49.4 Å². The van der Waals surface area contributed by atoms with Gasteiger partial charge in [-0.15, -0.1) is 5.10 Å². The van der Waals surface area contributed by atoms with Gasteiger partial charge in [-0.05, 0) is 37.2 Å². The molecule has 1 aliphatic carbocycles. The summed E-state index contributed by atoms with van der Waals surface area (Å²) in [6.45, 7) is 4.15. The van der Waals surface area contributed by atoms with Gasteiger partial charge in [-0.25, -0.2) is 4.68 Å². The van der Waals surface area contributed by atoms with Crippen LogP contribution in [0, 0.1) is 5.92 Å². The second-order valence-electron chi connectivity index (χ2n) is 8.12. The van der Waals surface area contributed by atoms with Crippen molar-refractivity contribution >= 4 is 5.91 Å². The van der Waals surface area contributed by atoms with Crippen molar-refractivity contribution in [2.45, 2.75) is 63.6 Å². The summed E-state index contributed by atoms with van der Waals surface area (Å²) in [5, 5.41) is 18.8. The van der Waals surface area contributed by atoms with Crippen molar-refractivity contribution in [1.82, 2.24) is 19.9 Å². The normalized spacial score (nSPS) is 27.0. The Morgan fingerprint density at radius 2 is 2.07 bits per heavy atom. The molecule has 1 saturated carbocycles. The number of carbonyl (C=O) groups is 1. The van der Waals surface area contributed by atoms with E-state index >= 15 is 0 Å². The van der Waals surface area contributed by atoms with Gasteiger partial charge in [0, 0.05) is 24.7 Å². The van der Waals surface area contributed by atoms with Crippen LogP contribution in [0.5, 0.6) is 0 Å². The first kappa shape index (κ1) is 16.9. The maximum absolute atomic E-state index is 13.5. The fraction of sp³-hybridized carbons (Fsp3) is 0.571. The largest absolute Gasteiger partial charge is 0.391 e. The van der Waals surface area contributed by atoms with E-state index in [4.69, 9.17) is 1.37 Å². The molecule has 0 radical (unpaired) electrons. The van der Waals surface area contributed by atoms with Gasteiger partial charge in [0.1, 0.15) is 6.04 Å². The second kappa shape index (κ2) is 7.43. The minimum Gasteiger partial charge on any atom is -0.391 e. The molecule has 1 amide bonds. The summed E-state index contributed by atoms with van der Waals surface area (Å²) in [6, 6.07) is 8.04. The number of likely N-dealkylation sites (tertiary alicyclic amines) is 1. The molecule has 6 nitrogen and oxygen atoms in total. The van der Waals surface area contributed by atoms with Gasteiger partial charge in [-0.2, -0.15) is 0 Å². The Morgan fingerprint density at radius 3 is 2.74 bits per heavy atom. The van der Waals surface area contributed by atoms with Crippen molar-refractivity contribution in [1.29, 1.82) is 0 Å². The van der Waals surface area contributed by atoms with Crippen LogP contribution in [0.1, 0.15) is 57.7 Å². The number of amides is 1. The maximum atomic E-state index is 13.5. The summed E-state index contributed by atoms with van der Waals surface area (Å²) in [5.74, 6) is 0.309. The molecule has 1 aromatic carbocycles. The van der Waals surface area contributed by atoms with E-state index in [1.807, 2.05) is 50.4 Å². The van der Waals surface area contributed by atoms with E-state index in [1.54, 1.807) is 9.58 Å². The number of hydrogen-bond acceptors (Lipinski definition) is 4. The zero-order valence-electron chi connectivity index (χ0n) is 17.0. The second-order valence-corrected chi connectivity index (χ2v) is 8.12. The zero-order chi connectivity index (χ0) is 19.9. The molecule has 0 bridgehead atoms. The van der Waals surface area contributed by atoms with Crippen LogP contribution in [0.15, 0.2) is 36.5 Å². The highest BCUT2D eigenvalue weighted by molar-refractivity contribution is 5.81. The van der Waals surface area contributed by atoms with Crippen LogP contribution in [0.2, 0.25) is 0 Å². The molecule has 0 spiro atoms. The minimum atomic E-state index is -1.16. The van der Waals surface area contributed by atoms with Crippen molar-refractivity contribution in [2.24, 2.45) is 5.92 Å². The molecule has 144 valence electrons. The summed E-state index contributed by atoms with van der Waals surface area (Å²) < 4.78 is 10.7. The molecular formula is C21H28N4O2. The fourth-order valence-corrected chi connectivity index (χ4v) is 3.89. The summed E-state index contributed by atoms with van der Waals surface area (Å²) in [7, 11) is 0. The van der Waals surface area contributed by atoms with E-state index in [0.29, 0.717) is 12.3 Å². The van der Waals surface area contributed by atoms with E-state index < -0.39 is 18.2 Å². The van der Waals surface area contributed by atoms with Gasteiger partial charge in [0.15, 0.2) is 0 Å². The molecule has 1 N–H and O–H groups in total. The number of nitrogens with zero attached hydrogens (tertiary/aromatic N) is 4.